The summed E-state index contributed by atoms with van der Waals surface area (Å²) >= 11 is 1.70. The number of amides is 1. The second-order valence-corrected chi connectivity index (χ2v) is 7.81. The minimum atomic E-state index is 0.304. The number of likely N-dealkylation sites (tertiary alicyclic amines) is 1. The summed E-state index contributed by atoms with van der Waals surface area (Å²) in [6, 6.07) is 2.04. The summed E-state index contributed by atoms with van der Waals surface area (Å²) in [5.41, 5.74) is 1.02. The zero-order valence-corrected chi connectivity index (χ0v) is 15.4. The van der Waals surface area contributed by atoms with E-state index in [4.69, 9.17) is 0 Å². The average Bonchev–Trinajstić information content (AvgIpc) is 2.95. The molecule has 0 N–H and O–H groups in total. The van der Waals surface area contributed by atoms with Crippen LogP contribution in [0.5, 0.6) is 0 Å². The first-order valence-electron chi connectivity index (χ1n) is 9.24. The number of thiophene rings is 1. The Morgan fingerprint density at radius 3 is 2.52 bits per heavy atom. The van der Waals surface area contributed by atoms with Crippen molar-refractivity contribution in [1.82, 2.24) is 19.8 Å². The molecule has 0 unspecified atom stereocenters. The highest BCUT2D eigenvalue weighted by atomic mass is 32.1. The maximum atomic E-state index is 12.6. The lowest BCUT2D eigenvalue weighted by molar-refractivity contribution is -0.132. The fourth-order valence-electron chi connectivity index (χ4n) is 3.73. The van der Waals surface area contributed by atoms with Crippen LogP contribution in [0.1, 0.15) is 25.7 Å². The molecule has 0 radical (unpaired) electrons. The van der Waals surface area contributed by atoms with Crippen LogP contribution in [-0.4, -0.2) is 71.5 Å². The molecule has 0 spiro atoms. The normalized spacial score (nSPS) is 20.0. The van der Waals surface area contributed by atoms with E-state index in [0.717, 1.165) is 68.1 Å². The largest absolute Gasteiger partial charge is 0.353 e. The van der Waals surface area contributed by atoms with Gasteiger partial charge in [-0.05, 0) is 24.3 Å². The molecule has 2 aliphatic rings. The van der Waals surface area contributed by atoms with Gasteiger partial charge in [-0.25, -0.2) is 9.97 Å². The quantitative estimate of drug-likeness (QED) is 0.841. The smallest absolute Gasteiger partial charge is 0.236 e. The molecule has 0 aliphatic carbocycles. The van der Waals surface area contributed by atoms with E-state index in [1.807, 2.05) is 6.07 Å². The van der Waals surface area contributed by atoms with Gasteiger partial charge in [0.1, 0.15) is 12.1 Å². The van der Waals surface area contributed by atoms with Crippen LogP contribution in [0.25, 0.3) is 10.2 Å². The van der Waals surface area contributed by atoms with E-state index in [2.05, 4.69) is 30.0 Å². The van der Waals surface area contributed by atoms with Crippen molar-refractivity contribution < 1.29 is 4.79 Å². The Balaban J connectivity index is 1.34. The number of hydrogen-bond donors (Lipinski definition) is 0. The van der Waals surface area contributed by atoms with Gasteiger partial charge in [0.2, 0.25) is 5.91 Å². The predicted molar refractivity (Wildman–Crippen MR) is 101 cm³/mol. The van der Waals surface area contributed by atoms with Crippen LogP contribution in [0.2, 0.25) is 0 Å². The minimum absolute atomic E-state index is 0.304. The van der Waals surface area contributed by atoms with Crippen LogP contribution >= 0.6 is 11.3 Å². The summed E-state index contributed by atoms with van der Waals surface area (Å²) in [4.78, 5) is 28.1. The molecule has 0 saturated carbocycles. The Morgan fingerprint density at radius 1 is 1.00 bits per heavy atom. The average molecular weight is 359 g/mol. The van der Waals surface area contributed by atoms with Gasteiger partial charge in [0, 0.05) is 39.3 Å². The monoisotopic (exact) mass is 359 g/mol. The van der Waals surface area contributed by atoms with Crippen molar-refractivity contribution in [2.24, 2.45) is 0 Å². The number of anilines is 1. The van der Waals surface area contributed by atoms with Crippen molar-refractivity contribution in [3.63, 3.8) is 0 Å². The first-order chi connectivity index (χ1) is 12.3. The number of carbonyl (C=O) groups is 1. The summed E-state index contributed by atoms with van der Waals surface area (Å²) in [7, 11) is 0. The van der Waals surface area contributed by atoms with Gasteiger partial charge >= 0.3 is 0 Å². The van der Waals surface area contributed by atoms with Crippen LogP contribution in [0, 0.1) is 0 Å². The van der Waals surface area contributed by atoms with E-state index >= 15 is 0 Å². The van der Waals surface area contributed by atoms with E-state index in [-0.39, 0.29) is 0 Å². The number of piperazine rings is 1. The number of carbonyl (C=O) groups excluding carboxylic acids is 1. The Kier molecular flexibility index (Phi) is 5.12. The van der Waals surface area contributed by atoms with Gasteiger partial charge < -0.3 is 9.80 Å². The van der Waals surface area contributed by atoms with Gasteiger partial charge in [0.05, 0.1) is 16.8 Å². The van der Waals surface area contributed by atoms with Gasteiger partial charge in [0.25, 0.3) is 0 Å². The molecule has 7 heteroatoms. The van der Waals surface area contributed by atoms with Crippen molar-refractivity contribution >= 4 is 33.3 Å². The highest BCUT2D eigenvalue weighted by molar-refractivity contribution is 7.17. The van der Waals surface area contributed by atoms with Gasteiger partial charge in [-0.3, -0.25) is 9.69 Å². The number of fused-ring (bicyclic) bond motifs is 1. The van der Waals surface area contributed by atoms with Gasteiger partial charge in [0.15, 0.2) is 0 Å². The third kappa shape index (κ3) is 3.77. The summed E-state index contributed by atoms with van der Waals surface area (Å²) in [6.45, 7) is 6.10. The zero-order chi connectivity index (χ0) is 17.1. The summed E-state index contributed by atoms with van der Waals surface area (Å²) in [6.07, 6.45) is 6.49. The van der Waals surface area contributed by atoms with Crippen molar-refractivity contribution in [3.05, 3.63) is 17.8 Å². The highest BCUT2D eigenvalue weighted by Gasteiger charge is 2.24. The van der Waals surface area contributed by atoms with E-state index in [1.165, 1.54) is 12.8 Å². The lowest BCUT2D eigenvalue weighted by atomic mass is 10.2. The molecule has 134 valence electrons. The Labute approximate surface area is 152 Å². The van der Waals surface area contributed by atoms with Crippen molar-refractivity contribution in [1.29, 1.82) is 0 Å². The number of hydrogen-bond acceptors (Lipinski definition) is 6. The Morgan fingerprint density at radius 2 is 1.76 bits per heavy atom. The third-order valence-corrected chi connectivity index (χ3v) is 6.11. The SMILES string of the molecule is O=C(CN1CCN(c2ncnc3ccsc23)CC1)N1CCCCCC1. The van der Waals surface area contributed by atoms with Crippen molar-refractivity contribution in [2.45, 2.75) is 25.7 Å². The zero-order valence-electron chi connectivity index (χ0n) is 14.6. The summed E-state index contributed by atoms with van der Waals surface area (Å²) < 4.78 is 1.16. The highest BCUT2D eigenvalue weighted by Crippen LogP contribution is 2.28. The van der Waals surface area contributed by atoms with E-state index in [1.54, 1.807) is 17.7 Å². The second kappa shape index (κ2) is 7.66. The first-order valence-corrected chi connectivity index (χ1v) is 10.1. The minimum Gasteiger partial charge on any atom is -0.353 e. The van der Waals surface area contributed by atoms with Crippen LogP contribution < -0.4 is 4.90 Å². The molecule has 0 bridgehead atoms. The van der Waals surface area contributed by atoms with Crippen LogP contribution in [0.4, 0.5) is 5.82 Å². The molecule has 0 atom stereocenters. The molecule has 2 fully saturated rings. The molecule has 25 heavy (non-hydrogen) atoms. The van der Waals surface area contributed by atoms with Crippen LogP contribution in [0.3, 0.4) is 0 Å². The van der Waals surface area contributed by atoms with E-state index in [0.29, 0.717) is 12.5 Å². The molecule has 0 aromatic carbocycles. The lowest BCUT2D eigenvalue weighted by Gasteiger charge is -2.36. The molecule has 2 aromatic heterocycles. The van der Waals surface area contributed by atoms with E-state index < -0.39 is 0 Å². The van der Waals surface area contributed by atoms with Crippen LogP contribution in [-0.2, 0) is 4.79 Å². The van der Waals surface area contributed by atoms with Gasteiger partial charge in [-0.2, -0.15) is 0 Å². The number of rotatable bonds is 3. The maximum absolute atomic E-state index is 12.6. The van der Waals surface area contributed by atoms with Crippen molar-refractivity contribution in [3.8, 4) is 0 Å². The molecule has 4 heterocycles. The maximum Gasteiger partial charge on any atom is 0.236 e. The molecule has 2 aliphatic heterocycles. The van der Waals surface area contributed by atoms with Gasteiger partial charge in [-0.1, -0.05) is 12.8 Å². The lowest BCUT2D eigenvalue weighted by Crippen LogP contribution is -2.50. The standard InChI is InChI=1S/C18H25N5OS/c24-16(22-6-3-1-2-4-7-22)13-21-8-10-23(11-9-21)18-17-15(5-12-25-17)19-14-20-18/h5,12,14H,1-4,6-11,13H2. The molecule has 4 rings (SSSR count). The summed E-state index contributed by atoms with van der Waals surface area (Å²) in [5, 5.41) is 2.07. The fourth-order valence-corrected chi connectivity index (χ4v) is 4.59. The first kappa shape index (κ1) is 16.7. The topological polar surface area (TPSA) is 52.6 Å². The molecule has 2 saturated heterocycles. The van der Waals surface area contributed by atoms with E-state index in [9.17, 15) is 4.79 Å². The molecular weight excluding hydrogens is 334 g/mol. The Hall–Kier alpha value is -1.73. The summed E-state index contributed by atoms with van der Waals surface area (Å²) in [5.74, 6) is 1.34. The van der Waals surface area contributed by atoms with Crippen LogP contribution in [0.15, 0.2) is 17.8 Å². The predicted octanol–water partition coefficient (Wildman–Crippen LogP) is 2.22. The van der Waals surface area contributed by atoms with Crippen molar-refractivity contribution in [2.75, 3.05) is 50.7 Å². The van der Waals surface area contributed by atoms with Gasteiger partial charge in [-0.15, -0.1) is 11.3 Å². The third-order valence-electron chi connectivity index (χ3n) is 5.21. The number of aromatic nitrogens is 2. The number of nitrogens with zero attached hydrogens (tertiary/aromatic N) is 5. The second-order valence-electron chi connectivity index (χ2n) is 6.89. The molecule has 1 amide bonds. The fraction of sp³-hybridized carbons (Fsp3) is 0.611. The Bertz CT molecular complexity index is 717. The molecule has 2 aromatic rings. The molecular formula is C18H25N5OS. The molecule has 6 nitrogen and oxygen atoms in total.